The molecule has 0 unspecified atom stereocenters. The summed E-state index contributed by atoms with van der Waals surface area (Å²) < 4.78 is 1.92. The molecule has 2 heteroatoms. The molecule has 0 saturated carbocycles. The van der Waals surface area contributed by atoms with Crippen molar-refractivity contribution in [1.29, 1.82) is 0 Å². The summed E-state index contributed by atoms with van der Waals surface area (Å²) >= 11 is 1.37. The Labute approximate surface area is 45.3 Å². The first-order valence-electron chi connectivity index (χ1n) is 1.20. The second kappa shape index (κ2) is 4.23. The molecule has 0 N–H and O–H groups in total. The van der Waals surface area contributed by atoms with Gasteiger partial charge in [-0.2, -0.15) is 0 Å². The molecule has 0 aromatic carbocycles. The van der Waals surface area contributed by atoms with Crippen molar-refractivity contribution >= 4 is 29.7 Å². The SMILES string of the molecule is C=NC=[CH][SbH]. The van der Waals surface area contributed by atoms with Crippen molar-refractivity contribution in [3.8, 4) is 0 Å². The molecule has 27 valence electrons. The van der Waals surface area contributed by atoms with E-state index in [2.05, 4.69) is 11.7 Å². The van der Waals surface area contributed by atoms with E-state index in [4.69, 9.17) is 0 Å². The van der Waals surface area contributed by atoms with Gasteiger partial charge in [0.2, 0.25) is 0 Å². The van der Waals surface area contributed by atoms with E-state index in [-0.39, 0.29) is 0 Å². The second-order valence-corrected chi connectivity index (χ2v) is 1.45. The molecule has 0 aliphatic rings. The molecule has 0 spiro atoms. The predicted molar refractivity (Wildman–Crippen MR) is 25.8 cm³/mol. The first-order chi connectivity index (χ1) is 2.41. The number of hydrogen-bond acceptors (Lipinski definition) is 1. The number of aliphatic imine (C=N–C) groups is 1. The zero-order valence-electron chi connectivity index (χ0n) is 2.81. The third-order valence-corrected chi connectivity index (χ3v) is 0.605. The quantitative estimate of drug-likeness (QED) is 0.396. The van der Waals surface area contributed by atoms with Crippen LogP contribution in [-0.4, -0.2) is 29.7 Å². The molecule has 0 aliphatic carbocycles. The fourth-order valence-corrected chi connectivity index (χ4v) is 0.354. The van der Waals surface area contributed by atoms with Crippen LogP contribution >= 0.6 is 0 Å². The van der Waals surface area contributed by atoms with Crippen molar-refractivity contribution < 1.29 is 0 Å². The summed E-state index contributed by atoms with van der Waals surface area (Å²) in [5.74, 6) is 0. The van der Waals surface area contributed by atoms with E-state index in [0.29, 0.717) is 0 Å². The van der Waals surface area contributed by atoms with Gasteiger partial charge in [0, 0.05) is 0 Å². The van der Waals surface area contributed by atoms with Crippen molar-refractivity contribution in [3.63, 3.8) is 0 Å². The zero-order chi connectivity index (χ0) is 4.12. The summed E-state index contributed by atoms with van der Waals surface area (Å²) in [7, 11) is 0. The average molecular weight is 177 g/mol. The summed E-state index contributed by atoms with van der Waals surface area (Å²) in [6, 6.07) is 0. The Morgan fingerprint density at radius 1 is 1.80 bits per heavy atom. The molecule has 0 atom stereocenters. The molecule has 0 saturated heterocycles. The van der Waals surface area contributed by atoms with Gasteiger partial charge in [-0.05, 0) is 0 Å². The van der Waals surface area contributed by atoms with Crippen LogP contribution in [0.15, 0.2) is 15.2 Å². The van der Waals surface area contributed by atoms with Crippen LogP contribution in [0, 0.1) is 0 Å². The van der Waals surface area contributed by atoms with Crippen LogP contribution in [0.1, 0.15) is 0 Å². The van der Waals surface area contributed by atoms with Crippen LogP contribution in [0.25, 0.3) is 0 Å². The molecule has 0 fully saturated rings. The maximum atomic E-state index is 3.45. The Bertz CT molecular complexity index is 48.9. The van der Waals surface area contributed by atoms with Crippen molar-refractivity contribution in [2.45, 2.75) is 0 Å². The van der Waals surface area contributed by atoms with Crippen molar-refractivity contribution in [2.75, 3.05) is 0 Å². The van der Waals surface area contributed by atoms with E-state index in [1.807, 2.05) is 4.02 Å². The van der Waals surface area contributed by atoms with E-state index in [9.17, 15) is 0 Å². The van der Waals surface area contributed by atoms with Gasteiger partial charge in [-0.25, -0.2) is 0 Å². The summed E-state index contributed by atoms with van der Waals surface area (Å²) in [6.07, 6.45) is 1.68. The van der Waals surface area contributed by atoms with Crippen LogP contribution in [0.4, 0.5) is 0 Å². The first-order valence-corrected chi connectivity index (χ1v) is 2.84. The van der Waals surface area contributed by atoms with Crippen LogP contribution in [0.3, 0.4) is 0 Å². The standard InChI is InChI=1S/C3H4N.Sb.H/c1-3-4-2;;/h1,3H,2H2;;. The molecule has 0 aromatic rings. The molecule has 0 aromatic heterocycles. The molecule has 0 rings (SSSR count). The molecule has 1 radical (unpaired) electrons. The van der Waals surface area contributed by atoms with E-state index >= 15 is 0 Å². The Balaban J connectivity index is 2.92. The molecular weight excluding hydrogens is 172 g/mol. The number of hydrogen-bond donors (Lipinski definition) is 0. The van der Waals surface area contributed by atoms with E-state index in [0.717, 1.165) is 0 Å². The molecule has 0 bridgehead atoms. The van der Waals surface area contributed by atoms with Gasteiger partial charge in [-0.3, -0.25) is 0 Å². The van der Waals surface area contributed by atoms with Crippen LogP contribution < -0.4 is 0 Å². The Morgan fingerprint density at radius 2 is 2.40 bits per heavy atom. The van der Waals surface area contributed by atoms with Crippen LogP contribution in [-0.2, 0) is 0 Å². The first kappa shape index (κ1) is 5.23. The second-order valence-electron chi connectivity index (χ2n) is 0.498. The molecule has 0 heterocycles. The number of nitrogens with zero attached hydrogens (tertiary/aromatic N) is 1. The predicted octanol–water partition coefficient (Wildman–Crippen LogP) is 0.0590. The van der Waals surface area contributed by atoms with Gasteiger partial charge in [0.25, 0.3) is 0 Å². The normalized spacial score (nSPS) is 9.00. The van der Waals surface area contributed by atoms with Gasteiger partial charge in [0.1, 0.15) is 0 Å². The van der Waals surface area contributed by atoms with Crippen LogP contribution in [0.2, 0.25) is 0 Å². The van der Waals surface area contributed by atoms with Gasteiger partial charge in [-0.1, -0.05) is 0 Å². The summed E-state index contributed by atoms with van der Waals surface area (Å²) in [5, 5.41) is 0. The summed E-state index contributed by atoms with van der Waals surface area (Å²) in [6.45, 7) is 3.23. The summed E-state index contributed by atoms with van der Waals surface area (Å²) in [4.78, 5) is 3.45. The minimum absolute atomic E-state index is 1.37. The molecular formula is C3H5NSb. The van der Waals surface area contributed by atoms with Gasteiger partial charge in [-0.15, -0.1) is 0 Å². The Morgan fingerprint density at radius 3 is 2.40 bits per heavy atom. The van der Waals surface area contributed by atoms with Crippen molar-refractivity contribution in [1.82, 2.24) is 0 Å². The molecule has 1 nitrogen and oxygen atoms in total. The monoisotopic (exact) mass is 176 g/mol. The van der Waals surface area contributed by atoms with Gasteiger partial charge >= 0.3 is 45.0 Å². The fourth-order valence-electron chi connectivity index (χ4n) is 0.0527. The minimum atomic E-state index is 1.37. The van der Waals surface area contributed by atoms with Gasteiger partial charge in [0.05, 0.1) is 0 Å². The maximum absolute atomic E-state index is 3.45. The van der Waals surface area contributed by atoms with Crippen molar-refractivity contribution in [3.05, 3.63) is 10.2 Å². The number of rotatable bonds is 1. The third-order valence-electron chi connectivity index (χ3n) is 0.180. The Kier molecular flexibility index (Phi) is 4.42. The van der Waals surface area contributed by atoms with E-state index in [1.165, 1.54) is 23.0 Å². The van der Waals surface area contributed by atoms with E-state index in [1.54, 1.807) is 6.20 Å². The topological polar surface area (TPSA) is 12.4 Å². The van der Waals surface area contributed by atoms with E-state index < -0.39 is 0 Å². The molecule has 0 aliphatic heterocycles. The summed E-state index contributed by atoms with van der Waals surface area (Å²) in [5.41, 5.74) is 0. The zero-order valence-corrected chi connectivity index (χ0v) is 5.66. The third kappa shape index (κ3) is 4.23. The average Bonchev–Trinajstić information content (AvgIpc) is 1.41. The van der Waals surface area contributed by atoms with Crippen molar-refractivity contribution in [2.24, 2.45) is 4.99 Å². The molecule has 0 amide bonds. The van der Waals surface area contributed by atoms with Crippen LogP contribution in [0.5, 0.6) is 0 Å². The Hall–Kier alpha value is 0.228. The van der Waals surface area contributed by atoms with Gasteiger partial charge < -0.3 is 0 Å². The molecule has 5 heavy (non-hydrogen) atoms. The van der Waals surface area contributed by atoms with Gasteiger partial charge in [0.15, 0.2) is 0 Å². The fraction of sp³-hybridized carbons (Fsp3) is 0.